The number of hydrogen-bond donors (Lipinski definition) is 2. The van der Waals surface area contributed by atoms with E-state index in [0.717, 1.165) is 24.2 Å². The predicted molar refractivity (Wildman–Crippen MR) is 84.2 cm³/mol. The fourth-order valence-electron chi connectivity index (χ4n) is 2.96. The number of nitrogens with one attached hydrogen (secondary N) is 1. The Morgan fingerprint density at radius 2 is 2.04 bits per heavy atom. The number of carbonyl (C=O) groups is 1. The molecule has 2 aromatic rings. The van der Waals surface area contributed by atoms with E-state index in [0.29, 0.717) is 31.0 Å². The molecular weight excluding hydrogens is 296 g/mol. The second kappa shape index (κ2) is 6.42. The van der Waals surface area contributed by atoms with E-state index < -0.39 is 11.5 Å². The zero-order chi connectivity index (χ0) is 16.3. The van der Waals surface area contributed by atoms with Crippen molar-refractivity contribution in [3.05, 3.63) is 36.2 Å². The number of oxazole rings is 1. The average Bonchev–Trinajstić information content (AvgIpc) is 3.23. The number of carboxylic acid groups (broad SMARTS) is 1. The van der Waals surface area contributed by atoms with Crippen molar-refractivity contribution in [1.82, 2.24) is 10.3 Å². The molecule has 6 heteroatoms. The van der Waals surface area contributed by atoms with Crippen molar-refractivity contribution in [2.45, 2.75) is 37.8 Å². The highest BCUT2D eigenvalue weighted by Gasteiger charge is 2.40. The summed E-state index contributed by atoms with van der Waals surface area (Å²) in [6.07, 6.45) is 4.76. The zero-order valence-corrected chi connectivity index (χ0v) is 13.0. The minimum atomic E-state index is -0.820. The fourth-order valence-corrected chi connectivity index (χ4v) is 2.96. The van der Waals surface area contributed by atoms with Crippen LogP contribution in [-0.4, -0.2) is 28.7 Å². The Bertz CT molecular complexity index is 672. The number of nitrogens with zero attached hydrogens (tertiary/aromatic N) is 1. The number of rotatable bonds is 6. The van der Waals surface area contributed by atoms with Gasteiger partial charge in [0.1, 0.15) is 17.6 Å². The van der Waals surface area contributed by atoms with E-state index in [1.165, 1.54) is 0 Å². The van der Waals surface area contributed by atoms with Crippen molar-refractivity contribution in [2.24, 2.45) is 0 Å². The molecule has 1 saturated carbocycles. The molecule has 6 nitrogen and oxygen atoms in total. The molecule has 0 amide bonds. The van der Waals surface area contributed by atoms with Gasteiger partial charge >= 0.3 is 5.97 Å². The van der Waals surface area contributed by atoms with Crippen LogP contribution in [0.25, 0.3) is 11.5 Å². The van der Waals surface area contributed by atoms with Gasteiger partial charge in [0, 0.05) is 12.1 Å². The smallest absolute Gasteiger partial charge is 0.323 e. The number of aromatic nitrogens is 1. The van der Waals surface area contributed by atoms with E-state index in [2.05, 4.69) is 10.3 Å². The largest absolute Gasteiger partial charge is 0.497 e. The lowest BCUT2D eigenvalue weighted by Crippen LogP contribution is -2.49. The van der Waals surface area contributed by atoms with Crippen molar-refractivity contribution in [2.75, 3.05) is 7.11 Å². The SMILES string of the molecule is COc1ccc(-c2nc(CNC3(C(=O)O)CCCC3)co2)cc1. The first-order chi connectivity index (χ1) is 11.1. The predicted octanol–water partition coefficient (Wildman–Crippen LogP) is 2.84. The van der Waals surface area contributed by atoms with E-state index in [-0.39, 0.29) is 0 Å². The number of benzene rings is 1. The summed E-state index contributed by atoms with van der Waals surface area (Å²) in [6, 6.07) is 7.43. The van der Waals surface area contributed by atoms with Crippen molar-refractivity contribution in [3.63, 3.8) is 0 Å². The molecule has 2 N–H and O–H groups in total. The normalized spacial score (nSPS) is 16.4. The van der Waals surface area contributed by atoms with E-state index in [1.54, 1.807) is 13.4 Å². The van der Waals surface area contributed by atoms with Gasteiger partial charge in [-0.25, -0.2) is 4.98 Å². The third-order valence-electron chi connectivity index (χ3n) is 4.36. The van der Waals surface area contributed by atoms with E-state index in [1.807, 2.05) is 24.3 Å². The summed E-state index contributed by atoms with van der Waals surface area (Å²) < 4.78 is 10.6. The van der Waals surface area contributed by atoms with Gasteiger partial charge in [-0.05, 0) is 37.1 Å². The molecule has 1 heterocycles. The Labute approximate surface area is 134 Å². The molecule has 0 atom stereocenters. The van der Waals surface area contributed by atoms with Gasteiger partial charge in [-0.2, -0.15) is 0 Å². The van der Waals surface area contributed by atoms with Gasteiger partial charge in [-0.3, -0.25) is 10.1 Å². The molecule has 1 aromatic heterocycles. The van der Waals surface area contributed by atoms with Crippen LogP contribution < -0.4 is 10.1 Å². The zero-order valence-electron chi connectivity index (χ0n) is 13.0. The Balaban J connectivity index is 1.68. The lowest BCUT2D eigenvalue weighted by molar-refractivity contribution is -0.144. The molecule has 0 unspecified atom stereocenters. The van der Waals surface area contributed by atoms with E-state index in [4.69, 9.17) is 9.15 Å². The fraction of sp³-hybridized carbons (Fsp3) is 0.412. The minimum Gasteiger partial charge on any atom is -0.497 e. The second-order valence-electron chi connectivity index (χ2n) is 5.82. The third kappa shape index (κ3) is 3.22. The first-order valence-corrected chi connectivity index (χ1v) is 7.70. The van der Waals surface area contributed by atoms with Gasteiger partial charge in [0.15, 0.2) is 0 Å². The quantitative estimate of drug-likeness (QED) is 0.852. The van der Waals surface area contributed by atoms with Crippen LogP contribution in [0.5, 0.6) is 5.75 Å². The number of hydrogen-bond acceptors (Lipinski definition) is 5. The highest BCUT2D eigenvalue weighted by atomic mass is 16.5. The Morgan fingerprint density at radius 1 is 1.35 bits per heavy atom. The number of carboxylic acids is 1. The van der Waals surface area contributed by atoms with Crippen LogP contribution in [0, 0.1) is 0 Å². The summed E-state index contributed by atoms with van der Waals surface area (Å²) in [5.41, 5.74) is 0.730. The summed E-state index contributed by atoms with van der Waals surface area (Å²) in [7, 11) is 1.62. The van der Waals surface area contributed by atoms with Crippen LogP contribution in [0.15, 0.2) is 34.9 Å². The van der Waals surface area contributed by atoms with Gasteiger partial charge in [0.05, 0.1) is 12.8 Å². The molecular formula is C17H20N2O4. The lowest BCUT2D eigenvalue weighted by Gasteiger charge is -2.24. The monoisotopic (exact) mass is 316 g/mol. The summed E-state index contributed by atoms with van der Waals surface area (Å²) >= 11 is 0. The lowest BCUT2D eigenvalue weighted by atomic mass is 9.98. The number of aliphatic carboxylic acids is 1. The molecule has 0 bridgehead atoms. The summed E-state index contributed by atoms with van der Waals surface area (Å²) in [5, 5.41) is 12.6. The maximum absolute atomic E-state index is 11.5. The first-order valence-electron chi connectivity index (χ1n) is 7.70. The highest BCUT2D eigenvalue weighted by molar-refractivity contribution is 5.79. The minimum absolute atomic E-state index is 0.381. The van der Waals surface area contributed by atoms with Gasteiger partial charge in [-0.1, -0.05) is 12.8 Å². The van der Waals surface area contributed by atoms with Crippen molar-refractivity contribution < 1.29 is 19.1 Å². The molecule has 0 radical (unpaired) electrons. The van der Waals surface area contributed by atoms with E-state index in [9.17, 15) is 9.90 Å². The van der Waals surface area contributed by atoms with E-state index >= 15 is 0 Å². The molecule has 1 aromatic carbocycles. The maximum Gasteiger partial charge on any atom is 0.323 e. The van der Waals surface area contributed by atoms with Crippen LogP contribution in [-0.2, 0) is 11.3 Å². The molecule has 0 spiro atoms. The molecule has 1 aliphatic rings. The van der Waals surface area contributed by atoms with Crippen LogP contribution in [0.3, 0.4) is 0 Å². The van der Waals surface area contributed by atoms with Gasteiger partial charge in [0.2, 0.25) is 5.89 Å². The van der Waals surface area contributed by atoms with Crippen LogP contribution >= 0.6 is 0 Å². The topological polar surface area (TPSA) is 84.6 Å². The Morgan fingerprint density at radius 3 is 2.65 bits per heavy atom. The molecule has 0 saturated heterocycles. The molecule has 23 heavy (non-hydrogen) atoms. The molecule has 1 fully saturated rings. The van der Waals surface area contributed by atoms with Crippen molar-refractivity contribution in [3.8, 4) is 17.2 Å². The molecule has 3 rings (SSSR count). The highest BCUT2D eigenvalue weighted by Crippen LogP contribution is 2.30. The summed E-state index contributed by atoms with van der Waals surface area (Å²) in [6.45, 7) is 0.381. The molecule has 1 aliphatic carbocycles. The molecule has 122 valence electrons. The van der Waals surface area contributed by atoms with Crippen LogP contribution in [0.2, 0.25) is 0 Å². The van der Waals surface area contributed by atoms with Gasteiger partial charge in [0.25, 0.3) is 0 Å². The van der Waals surface area contributed by atoms with Gasteiger partial charge in [-0.15, -0.1) is 0 Å². The van der Waals surface area contributed by atoms with Crippen LogP contribution in [0.4, 0.5) is 0 Å². The standard InChI is InChI=1S/C17H20N2O4/c1-22-14-6-4-12(5-7-14)15-19-13(11-23-15)10-18-17(16(20)21)8-2-3-9-17/h4-7,11,18H,2-3,8-10H2,1H3,(H,20,21). The number of ether oxygens (including phenoxy) is 1. The second-order valence-corrected chi connectivity index (χ2v) is 5.82. The van der Waals surface area contributed by atoms with Crippen molar-refractivity contribution in [1.29, 1.82) is 0 Å². The molecule has 0 aliphatic heterocycles. The third-order valence-corrected chi connectivity index (χ3v) is 4.36. The van der Waals surface area contributed by atoms with Gasteiger partial charge < -0.3 is 14.3 Å². The first kappa shape index (κ1) is 15.6. The van der Waals surface area contributed by atoms with Crippen molar-refractivity contribution >= 4 is 5.97 Å². The van der Waals surface area contributed by atoms with Crippen LogP contribution in [0.1, 0.15) is 31.4 Å². The average molecular weight is 316 g/mol. The Hall–Kier alpha value is -2.34. The summed E-state index contributed by atoms with van der Waals surface area (Å²) in [5.74, 6) is 0.501. The Kier molecular flexibility index (Phi) is 4.34. The maximum atomic E-state index is 11.5. The number of methoxy groups -OCH3 is 1. The summed E-state index contributed by atoms with van der Waals surface area (Å²) in [4.78, 5) is 15.9.